The molecule has 0 amide bonds. The van der Waals surface area contributed by atoms with Crippen LogP contribution >= 0.6 is 0 Å². The molecule has 0 unspecified atom stereocenters. The van der Waals surface area contributed by atoms with Gasteiger partial charge < -0.3 is 14.6 Å². The summed E-state index contributed by atoms with van der Waals surface area (Å²) in [5.74, 6) is 0. The Morgan fingerprint density at radius 2 is 1.19 bits per heavy atom. The molecule has 0 aromatic heterocycles. The van der Waals surface area contributed by atoms with Crippen LogP contribution in [0.3, 0.4) is 0 Å². The normalized spacial score (nSPS) is 13.2. The molecule has 0 radical (unpaired) electrons. The SMILES string of the molecule is CCCCCCC=CCCCCC=CCCCCCOC[C@@H](O)COC. The number of hydrogen-bond acceptors (Lipinski definition) is 3. The van der Waals surface area contributed by atoms with Gasteiger partial charge >= 0.3 is 0 Å². The lowest BCUT2D eigenvalue weighted by atomic mass is 10.1. The summed E-state index contributed by atoms with van der Waals surface area (Å²) < 4.78 is 10.3. The van der Waals surface area contributed by atoms with Gasteiger partial charge in [0.05, 0.1) is 13.2 Å². The van der Waals surface area contributed by atoms with Crippen LogP contribution in [0.15, 0.2) is 24.3 Å². The first kappa shape index (κ1) is 25.4. The second kappa shape index (κ2) is 22.4. The summed E-state index contributed by atoms with van der Waals surface area (Å²) in [5, 5.41) is 9.43. The first-order valence-corrected chi connectivity index (χ1v) is 10.9. The maximum Gasteiger partial charge on any atom is 0.101 e. The van der Waals surface area contributed by atoms with E-state index in [1.54, 1.807) is 7.11 Å². The van der Waals surface area contributed by atoms with Crippen molar-refractivity contribution >= 4 is 0 Å². The number of ether oxygens (including phenoxy) is 2. The third-order valence-corrected chi connectivity index (χ3v) is 4.38. The third-order valence-electron chi connectivity index (χ3n) is 4.38. The van der Waals surface area contributed by atoms with E-state index in [0.717, 1.165) is 13.0 Å². The Balaban J connectivity index is 3.18. The molecular weight excluding hydrogens is 324 g/mol. The zero-order valence-corrected chi connectivity index (χ0v) is 17.5. The topological polar surface area (TPSA) is 38.7 Å². The van der Waals surface area contributed by atoms with Gasteiger partial charge in [-0.1, -0.05) is 56.9 Å². The van der Waals surface area contributed by atoms with E-state index in [1.165, 1.54) is 77.0 Å². The first-order chi connectivity index (χ1) is 12.8. The molecule has 0 aliphatic rings. The Kier molecular flexibility index (Phi) is 21.8. The van der Waals surface area contributed by atoms with Crippen LogP contribution in [0.5, 0.6) is 0 Å². The van der Waals surface area contributed by atoms with Gasteiger partial charge in [-0.15, -0.1) is 0 Å². The molecule has 0 aromatic carbocycles. The maximum absolute atomic E-state index is 9.43. The number of methoxy groups -OCH3 is 1. The van der Waals surface area contributed by atoms with Gasteiger partial charge in [-0.2, -0.15) is 0 Å². The fraction of sp³-hybridized carbons (Fsp3) is 0.826. The van der Waals surface area contributed by atoms with Crippen LogP contribution < -0.4 is 0 Å². The van der Waals surface area contributed by atoms with Gasteiger partial charge in [-0.25, -0.2) is 0 Å². The maximum atomic E-state index is 9.43. The monoisotopic (exact) mass is 368 g/mol. The molecule has 3 nitrogen and oxygen atoms in total. The van der Waals surface area contributed by atoms with E-state index in [-0.39, 0.29) is 0 Å². The number of unbranched alkanes of at least 4 members (excludes halogenated alkanes) is 10. The largest absolute Gasteiger partial charge is 0.388 e. The molecule has 0 aromatic rings. The zero-order chi connectivity index (χ0) is 19.1. The van der Waals surface area contributed by atoms with Crippen LogP contribution in [0.25, 0.3) is 0 Å². The fourth-order valence-electron chi connectivity index (χ4n) is 2.79. The highest BCUT2D eigenvalue weighted by atomic mass is 16.5. The average Bonchev–Trinajstić information content (AvgIpc) is 2.64. The molecule has 1 atom stereocenters. The number of aliphatic hydroxyl groups is 1. The van der Waals surface area contributed by atoms with Crippen LogP contribution in [-0.2, 0) is 9.47 Å². The molecule has 0 saturated carbocycles. The predicted octanol–water partition coefficient (Wildman–Crippen LogP) is 6.21. The number of hydrogen-bond donors (Lipinski definition) is 1. The summed E-state index contributed by atoms with van der Waals surface area (Å²) in [6.45, 7) is 3.72. The minimum Gasteiger partial charge on any atom is -0.388 e. The van der Waals surface area contributed by atoms with E-state index in [1.807, 2.05) is 0 Å². The Morgan fingerprint density at radius 3 is 1.69 bits per heavy atom. The highest BCUT2D eigenvalue weighted by molar-refractivity contribution is 4.84. The lowest BCUT2D eigenvalue weighted by Gasteiger charge is -2.09. The molecule has 154 valence electrons. The summed E-state index contributed by atoms with van der Waals surface area (Å²) in [4.78, 5) is 0. The Bertz CT molecular complexity index is 313. The minimum atomic E-state index is -0.496. The van der Waals surface area contributed by atoms with Gasteiger partial charge in [0.25, 0.3) is 0 Å². The van der Waals surface area contributed by atoms with Gasteiger partial charge in [0, 0.05) is 13.7 Å². The van der Waals surface area contributed by atoms with E-state index >= 15 is 0 Å². The second-order valence-electron chi connectivity index (χ2n) is 7.11. The van der Waals surface area contributed by atoms with Gasteiger partial charge in [0.2, 0.25) is 0 Å². The Labute approximate surface area is 162 Å². The van der Waals surface area contributed by atoms with Crippen molar-refractivity contribution in [2.24, 2.45) is 0 Å². The molecule has 0 saturated heterocycles. The minimum absolute atomic E-state index is 0.347. The lowest BCUT2D eigenvalue weighted by molar-refractivity contribution is -0.00681. The van der Waals surface area contributed by atoms with Gasteiger partial charge in [-0.05, 0) is 57.8 Å². The summed E-state index contributed by atoms with van der Waals surface area (Å²) in [7, 11) is 1.59. The number of rotatable bonds is 20. The average molecular weight is 369 g/mol. The number of aliphatic hydroxyl groups excluding tert-OH is 1. The molecule has 0 aliphatic heterocycles. The van der Waals surface area contributed by atoms with Crippen LogP contribution in [-0.4, -0.2) is 38.1 Å². The molecule has 26 heavy (non-hydrogen) atoms. The van der Waals surface area contributed by atoms with Crippen LogP contribution in [0.1, 0.15) is 90.4 Å². The van der Waals surface area contributed by atoms with Crippen molar-refractivity contribution in [2.45, 2.75) is 96.5 Å². The fourth-order valence-corrected chi connectivity index (χ4v) is 2.79. The quantitative estimate of drug-likeness (QED) is 0.205. The van der Waals surface area contributed by atoms with E-state index in [0.29, 0.717) is 13.2 Å². The van der Waals surface area contributed by atoms with E-state index in [4.69, 9.17) is 9.47 Å². The molecule has 0 rings (SSSR count). The van der Waals surface area contributed by atoms with Crippen LogP contribution in [0.4, 0.5) is 0 Å². The molecule has 0 heterocycles. The van der Waals surface area contributed by atoms with Crippen molar-refractivity contribution in [1.29, 1.82) is 0 Å². The molecule has 0 spiro atoms. The van der Waals surface area contributed by atoms with Crippen molar-refractivity contribution < 1.29 is 14.6 Å². The van der Waals surface area contributed by atoms with Crippen LogP contribution in [0, 0.1) is 0 Å². The smallest absolute Gasteiger partial charge is 0.101 e. The second-order valence-corrected chi connectivity index (χ2v) is 7.11. The highest BCUT2D eigenvalue weighted by Crippen LogP contribution is 2.07. The zero-order valence-electron chi connectivity index (χ0n) is 17.5. The van der Waals surface area contributed by atoms with Crippen molar-refractivity contribution in [2.75, 3.05) is 26.9 Å². The summed E-state index contributed by atoms with van der Waals surface area (Å²) in [6, 6.07) is 0. The van der Waals surface area contributed by atoms with Crippen LogP contribution in [0.2, 0.25) is 0 Å². The van der Waals surface area contributed by atoms with Gasteiger partial charge in [0.1, 0.15) is 6.10 Å². The van der Waals surface area contributed by atoms with E-state index in [9.17, 15) is 5.11 Å². The third kappa shape index (κ3) is 21.4. The highest BCUT2D eigenvalue weighted by Gasteiger charge is 2.02. The van der Waals surface area contributed by atoms with E-state index < -0.39 is 6.10 Å². The van der Waals surface area contributed by atoms with Crippen molar-refractivity contribution in [3.05, 3.63) is 24.3 Å². The standard InChI is InChI=1S/C23H44O3/c1-3-4-5-6-7-8-9-10-11-12-13-14-15-16-17-18-19-20-26-22-23(24)21-25-2/h8-9,14-15,23-24H,3-7,10-13,16-22H2,1-2H3/t23-/m0/s1. The Morgan fingerprint density at radius 1 is 0.692 bits per heavy atom. The first-order valence-electron chi connectivity index (χ1n) is 10.9. The molecular formula is C23H44O3. The Hall–Kier alpha value is -0.640. The summed E-state index contributed by atoms with van der Waals surface area (Å²) >= 11 is 0. The lowest BCUT2D eigenvalue weighted by Crippen LogP contribution is -2.21. The van der Waals surface area contributed by atoms with Crippen molar-refractivity contribution in [1.82, 2.24) is 0 Å². The van der Waals surface area contributed by atoms with Crippen molar-refractivity contribution in [3.8, 4) is 0 Å². The summed E-state index contributed by atoms with van der Waals surface area (Å²) in [5.41, 5.74) is 0. The van der Waals surface area contributed by atoms with Gasteiger partial charge in [-0.3, -0.25) is 0 Å². The molecule has 3 heteroatoms. The van der Waals surface area contributed by atoms with Crippen molar-refractivity contribution in [3.63, 3.8) is 0 Å². The van der Waals surface area contributed by atoms with E-state index in [2.05, 4.69) is 31.2 Å². The molecule has 1 N–H and O–H groups in total. The number of allylic oxidation sites excluding steroid dienone is 4. The molecule has 0 aliphatic carbocycles. The summed E-state index contributed by atoms with van der Waals surface area (Å²) in [6.07, 6.45) is 25.3. The van der Waals surface area contributed by atoms with Gasteiger partial charge in [0.15, 0.2) is 0 Å². The molecule has 0 bridgehead atoms. The predicted molar refractivity (Wildman–Crippen MR) is 113 cm³/mol. The molecule has 0 fully saturated rings.